The van der Waals surface area contributed by atoms with Gasteiger partial charge in [0.2, 0.25) is 5.91 Å². The van der Waals surface area contributed by atoms with Crippen molar-refractivity contribution in [2.45, 2.75) is 44.9 Å². The highest BCUT2D eigenvalue weighted by Crippen LogP contribution is 2.28. The Labute approximate surface area is 152 Å². The van der Waals surface area contributed by atoms with Gasteiger partial charge >= 0.3 is 0 Å². The summed E-state index contributed by atoms with van der Waals surface area (Å²) in [7, 11) is 2.19. The van der Waals surface area contributed by atoms with Crippen LogP contribution in [0.3, 0.4) is 0 Å². The summed E-state index contributed by atoms with van der Waals surface area (Å²) < 4.78 is 0. The Bertz CT molecular complexity index is 529. The lowest BCUT2D eigenvalue weighted by atomic mass is 10.0. The highest BCUT2D eigenvalue weighted by molar-refractivity contribution is 5.90. The molecule has 1 aromatic rings. The van der Waals surface area contributed by atoms with E-state index in [4.69, 9.17) is 0 Å². The van der Waals surface area contributed by atoms with Gasteiger partial charge in [0.05, 0.1) is 0 Å². The summed E-state index contributed by atoms with van der Waals surface area (Å²) >= 11 is 0. The second kappa shape index (κ2) is 9.35. The van der Waals surface area contributed by atoms with Crippen molar-refractivity contribution in [3.8, 4) is 0 Å². The fourth-order valence-electron chi connectivity index (χ4n) is 3.97. The van der Waals surface area contributed by atoms with Gasteiger partial charge in [-0.3, -0.25) is 4.79 Å². The number of hydrogen-bond acceptors (Lipinski definition) is 3. The summed E-state index contributed by atoms with van der Waals surface area (Å²) in [6.45, 7) is 5.82. The number of likely N-dealkylation sites (N-methyl/N-ethyl adjacent to an activating group) is 1. The maximum Gasteiger partial charge on any atom is 0.224 e. The molecule has 25 heavy (non-hydrogen) atoms. The Kier molecular flexibility index (Phi) is 6.88. The molecule has 1 heterocycles. The molecule has 1 N–H and O–H groups in total. The van der Waals surface area contributed by atoms with E-state index in [-0.39, 0.29) is 5.91 Å². The van der Waals surface area contributed by atoms with Gasteiger partial charge in [0.25, 0.3) is 0 Å². The van der Waals surface area contributed by atoms with Gasteiger partial charge in [0, 0.05) is 44.8 Å². The van der Waals surface area contributed by atoms with Gasteiger partial charge in [-0.2, -0.15) is 0 Å². The van der Waals surface area contributed by atoms with Crippen molar-refractivity contribution in [2.75, 3.05) is 45.1 Å². The first kappa shape index (κ1) is 18.4. The predicted molar refractivity (Wildman–Crippen MR) is 104 cm³/mol. The smallest absolute Gasteiger partial charge is 0.224 e. The van der Waals surface area contributed by atoms with Crippen molar-refractivity contribution in [2.24, 2.45) is 5.92 Å². The van der Waals surface area contributed by atoms with E-state index in [1.807, 2.05) is 12.1 Å². The van der Waals surface area contributed by atoms with Crippen molar-refractivity contribution >= 4 is 11.6 Å². The summed E-state index contributed by atoms with van der Waals surface area (Å²) in [6.07, 6.45) is 8.12. The van der Waals surface area contributed by atoms with Crippen LogP contribution in [0.4, 0.5) is 5.69 Å². The fraction of sp³-hybridized carbons (Fsp3) is 0.667. The van der Waals surface area contributed by atoms with E-state index in [9.17, 15) is 4.79 Å². The van der Waals surface area contributed by atoms with Crippen LogP contribution in [0.1, 0.15) is 44.1 Å². The first-order valence-corrected chi connectivity index (χ1v) is 9.99. The molecule has 1 amide bonds. The van der Waals surface area contributed by atoms with E-state index in [0.29, 0.717) is 6.42 Å². The number of rotatable bonds is 7. The van der Waals surface area contributed by atoms with Gasteiger partial charge < -0.3 is 15.1 Å². The van der Waals surface area contributed by atoms with E-state index in [2.05, 4.69) is 34.3 Å². The number of carbonyl (C=O) groups is 1. The van der Waals surface area contributed by atoms with Crippen LogP contribution >= 0.6 is 0 Å². The zero-order valence-corrected chi connectivity index (χ0v) is 15.7. The highest BCUT2D eigenvalue weighted by atomic mass is 16.1. The van der Waals surface area contributed by atoms with Crippen LogP contribution in [0.25, 0.3) is 0 Å². The zero-order valence-electron chi connectivity index (χ0n) is 15.7. The third-order valence-electron chi connectivity index (χ3n) is 5.80. The average Bonchev–Trinajstić information content (AvgIpc) is 3.14. The standard InChI is InChI=1S/C21H33N3O/c1-23-14-16-24(17-15-23)13-12-19-6-9-20(10-7-19)22-21(25)11-8-18-4-2-3-5-18/h6-7,9-10,18H,2-5,8,11-17H2,1H3,(H,22,25). The third-order valence-corrected chi connectivity index (χ3v) is 5.80. The Hall–Kier alpha value is -1.39. The molecule has 2 aliphatic rings. The van der Waals surface area contributed by atoms with Gasteiger partial charge in [-0.05, 0) is 43.5 Å². The van der Waals surface area contributed by atoms with E-state index in [1.165, 1.54) is 57.4 Å². The molecule has 0 unspecified atom stereocenters. The summed E-state index contributed by atoms with van der Waals surface area (Å²) in [6, 6.07) is 8.41. The minimum atomic E-state index is 0.164. The van der Waals surface area contributed by atoms with Gasteiger partial charge in [-0.15, -0.1) is 0 Å². The summed E-state index contributed by atoms with van der Waals surface area (Å²) in [5, 5.41) is 3.05. The first-order valence-electron chi connectivity index (χ1n) is 9.99. The Balaban J connectivity index is 1.37. The predicted octanol–water partition coefficient (Wildman–Crippen LogP) is 3.39. The van der Waals surface area contributed by atoms with Crippen molar-refractivity contribution < 1.29 is 4.79 Å². The second-order valence-corrected chi connectivity index (χ2v) is 7.83. The normalized spacial score (nSPS) is 20.0. The van der Waals surface area contributed by atoms with Gasteiger partial charge in [-0.25, -0.2) is 0 Å². The highest BCUT2D eigenvalue weighted by Gasteiger charge is 2.16. The van der Waals surface area contributed by atoms with Crippen molar-refractivity contribution in [1.29, 1.82) is 0 Å². The van der Waals surface area contributed by atoms with Crippen molar-refractivity contribution in [1.82, 2.24) is 9.80 Å². The summed E-state index contributed by atoms with van der Waals surface area (Å²) in [5.74, 6) is 0.944. The van der Waals surface area contributed by atoms with E-state index in [1.54, 1.807) is 0 Å². The maximum absolute atomic E-state index is 12.1. The maximum atomic E-state index is 12.1. The van der Waals surface area contributed by atoms with Crippen LogP contribution in [0, 0.1) is 5.92 Å². The Morgan fingerprint density at radius 3 is 2.44 bits per heavy atom. The molecule has 1 aliphatic carbocycles. The number of nitrogens with zero attached hydrogens (tertiary/aromatic N) is 2. The van der Waals surface area contributed by atoms with E-state index < -0.39 is 0 Å². The Morgan fingerprint density at radius 2 is 1.76 bits per heavy atom. The molecule has 1 saturated heterocycles. The molecule has 0 atom stereocenters. The second-order valence-electron chi connectivity index (χ2n) is 7.83. The molecular weight excluding hydrogens is 310 g/mol. The van der Waals surface area contributed by atoms with Crippen LogP contribution < -0.4 is 5.32 Å². The molecule has 3 rings (SSSR count). The lowest BCUT2D eigenvalue weighted by Crippen LogP contribution is -2.45. The number of piperazine rings is 1. The number of carbonyl (C=O) groups excluding carboxylic acids is 1. The molecule has 0 aromatic heterocycles. The molecule has 1 aliphatic heterocycles. The molecule has 0 spiro atoms. The fourth-order valence-corrected chi connectivity index (χ4v) is 3.97. The quantitative estimate of drug-likeness (QED) is 0.824. The van der Waals surface area contributed by atoms with E-state index in [0.717, 1.165) is 31.0 Å². The van der Waals surface area contributed by atoms with E-state index >= 15 is 0 Å². The lowest BCUT2D eigenvalue weighted by Gasteiger charge is -2.32. The van der Waals surface area contributed by atoms with Crippen molar-refractivity contribution in [3.05, 3.63) is 29.8 Å². The molecule has 138 valence electrons. The number of hydrogen-bond donors (Lipinski definition) is 1. The average molecular weight is 344 g/mol. The molecule has 0 bridgehead atoms. The summed E-state index contributed by atoms with van der Waals surface area (Å²) in [4.78, 5) is 17.0. The van der Waals surface area contributed by atoms with Gasteiger partial charge in [0.1, 0.15) is 0 Å². The summed E-state index contributed by atoms with van der Waals surface area (Å²) in [5.41, 5.74) is 2.28. The minimum Gasteiger partial charge on any atom is -0.326 e. The zero-order chi connectivity index (χ0) is 17.5. The van der Waals surface area contributed by atoms with Gasteiger partial charge in [0.15, 0.2) is 0 Å². The SMILES string of the molecule is CN1CCN(CCc2ccc(NC(=O)CCC3CCCC3)cc2)CC1. The third kappa shape index (κ3) is 6.12. The Morgan fingerprint density at radius 1 is 1.08 bits per heavy atom. The topological polar surface area (TPSA) is 35.6 Å². The number of nitrogens with one attached hydrogen (secondary N) is 1. The van der Waals surface area contributed by atoms with Crippen LogP contribution in [0.5, 0.6) is 0 Å². The molecule has 2 fully saturated rings. The molecule has 1 aromatic carbocycles. The molecule has 1 saturated carbocycles. The van der Waals surface area contributed by atoms with Crippen LogP contribution in [0.15, 0.2) is 24.3 Å². The number of benzene rings is 1. The number of anilines is 1. The van der Waals surface area contributed by atoms with Crippen LogP contribution in [0.2, 0.25) is 0 Å². The largest absolute Gasteiger partial charge is 0.326 e. The lowest BCUT2D eigenvalue weighted by molar-refractivity contribution is -0.116. The molecule has 4 heteroatoms. The first-order chi connectivity index (χ1) is 12.2. The van der Waals surface area contributed by atoms with Crippen LogP contribution in [-0.2, 0) is 11.2 Å². The van der Waals surface area contributed by atoms with Gasteiger partial charge in [-0.1, -0.05) is 37.8 Å². The van der Waals surface area contributed by atoms with Crippen LogP contribution in [-0.4, -0.2) is 55.5 Å². The van der Waals surface area contributed by atoms with Crippen molar-refractivity contribution in [3.63, 3.8) is 0 Å². The molecular formula is C21H33N3O. The number of amides is 1. The molecule has 4 nitrogen and oxygen atoms in total. The minimum absolute atomic E-state index is 0.164. The molecule has 0 radical (unpaired) electrons. The monoisotopic (exact) mass is 343 g/mol.